The van der Waals surface area contributed by atoms with Crippen molar-refractivity contribution in [1.29, 1.82) is 0 Å². The van der Waals surface area contributed by atoms with E-state index >= 15 is 0 Å². The molecule has 2 aliphatic rings. The second kappa shape index (κ2) is 9.65. The third kappa shape index (κ3) is 4.97. The largest absolute Gasteiger partial charge is 0.352 e. The Morgan fingerprint density at radius 1 is 1.13 bits per heavy atom. The van der Waals surface area contributed by atoms with Crippen LogP contribution in [0.1, 0.15) is 69.7 Å². The Balaban J connectivity index is 1.31. The third-order valence-corrected chi connectivity index (χ3v) is 8.03. The van der Waals surface area contributed by atoms with E-state index in [-0.39, 0.29) is 5.91 Å². The number of likely N-dealkylation sites (tertiary alicyclic amines) is 1. The first-order valence-corrected chi connectivity index (χ1v) is 12.5. The summed E-state index contributed by atoms with van der Waals surface area (Å²) in [5.41, 5.74) is 1.74. The first kappa shape index (κ1) is 21.6. The summed E-state index contributed by atoms with van der Waals surface area (Å²) in [6.07, 6.45) is 7.40. The number of thiazole rings is 1. The number of nitrogens with zero attached hydrogens (tertiary/aromatic N) is 3. The van der Waals surface area contributed by atoms with Gasteiger partial charge in [0.05, 0.1) is 10.2 Å². The van der Waals surface area contributed by atoms with Gasteiger partial charge in [0.25, 0.3) is 5.91 Å². The Morgan fingerprint density at radius 3 is 2.60 bits per heavy atom. The number of piperidine rings is 2. The molecule has 4 rings (SSSR count). The molecule has 1 aromatic carbocycles. The maximum Gasteiger partial charge on any atom is 0.251 e. The lowest BCUT2D eigenvalue weighted by Crippen LogP contribution is -2.44. The maximum atomic E-state index is 12.7. The predicted molar refractivity (Wildman–Crippen MR) is 127 cm³/mol. The first-order chi connectivity index (χ1) is 14.5. The van der Waals surface area contributed by atoms with Gasteiger partial charge in [-0.3, -0.25) is 9.69 Å². The molecule has 1 amide bonds. The van der Waals surface area contributed by atoms with Crippen molar-refractivity contribution < 1.29 is 4.79 Å². The molecule has 2 aliphatic heterocycles. The Hall–Kier alpha value is -1.66. The van der Waals surface area contributed by atoms with Crippen LogP contribution in [0.2, 0.25) is 0 Å². The molecular weight excluding hydrogens is 392 g/mol. The highest BCUT2D eigenvalue weighted by Crippen LogP contribution is 2.32. The maximum absolute atomic E-state index is 12.7. The molecule has 0 bridgehead atoms. The van der Waals surface area contributed by atoms with Gasteiger partial charge in [-0.05, 0) is 70.1 Å². The molecule has 0 spiro atoms. The van der Waals surface area contributed by atoms with E-state index in [0.29, 0.717) is 12.1 Å². The summed E-state index contributed by atoms with van der Waals surface area (Å²) in [5, 5.41) is 4.21. The number of carbonyl (C=O) groups is 1. The van der Waals surface area contributed by atoms with Crippen molar-refractivity contribution in [1.82, 2.24) is 15.2 Å². The first-order valence-electron chi connectivity index (χ1n) is 11.7. The van der Waals surface area contributed by atoms with Crippen molar-refractivity contribution in [3.8, 4) is 0 Å². The summed E-state index contributed by atoms with van der Waals surface area (Å²) in [5.74, 6) is 0.839. The smallest absolute Gasteiger partial charge is 0.251 e. The highest BCUT2D eigenvalue weighted by molar-refractivity contribution is 7.22. The molecule has 1 N–H and O–H groups in total. The molecule has 3 heterocycles. The van der Waals surface area contributed by atoms with Gasteiger partial charge in [0, 0.05) is 43.8 Å². The van der Waals surface area contributed by atoms with Gasteiger partial charge in [0.2, 0.25) is 0 Å². The standard InChI is InChI=1S/C24H36N4OS/c1-17-10-14-27(15-11-17)24-26-21-9-8-20(16-22(21)30-24)23(29)25-12-5-13-28-18(2)6-4-7-19(28)3/h8-9,16-19H,4-7,10-15H2,1-3H3,(H,25,29). The van der Waals surface area contributed by atoms with Crippen LogP contribution in [0.4, 0.5) is 5.13 Å². The van der Waals surface area contributed by atoms with Crippen LogP contribution < -0.4 is 10.2 Å². The number of fused-ring (bicyclic) bond motifs is 1. The third-order valence-electron chi connectivity index (χ3n) is 6.95. The minimum absolute atomic E-state index is 0.0263. The molecule has 2 saturated heterocycles. The second-order valence-electron chi connectivity index (χ2n) is 9.32. The van der Waals surface area contributed by atoms with Gasteiger partial charge in [-0.1, -0.05) is 24.7 Å². The number of benzene rings is 1. The number of hydrogen-bond donors (Lipinski definition) is 1. The second-order valence-corrected chi connectivity index (χ2v) is 10.3. The van der Waals surface area contributed by atoms with Gasteiger partial charge >= 0.3 is 0 Å². The minimum atomic E-state index is 0.0263. The van der Waals surface area contributed by atoms with E-state index in [2.05, 4.69) is 35.9 Å². The van der Waals surface area contributed by atoms with Gasteiger partial charge in [0.15, 0.2) is 5.13 Å². The summed E-state index contributed by atoms with van der Waals surface area (Å²) in [6, 6.07) is 7.24. The van der Waals surface area contributed by atoms with Gasteiger partial charge < -0.3 is 10.2 Å². The highest BCUT2D eigenvalue weighted by Gasteiger charge is 2.24. The molecule has 1 aromatic heterocycles. The molecule has 6 heteroatoms. The van der Waals surface area contributed by atoms with Crippen LogP contribution in [0.5, 0.6) is 0 Å². The van der Waals surface area contributed by atoms with E-state index in [9.17, 15) is 4.79 Å². The monoisotopic (exact) mass is 428 g/mol. The number of rotatable bonds is 6. The number of aromatic nitrogens is 1. The molecule has 0 saturated carbocycles. The van der Waals surface area contributed by atoms with Crippen LogP contribution in [0.25, 0.3) is 10.2 Å². The summed E-state index contributed by atoms with van der Waals surface area (Å²) < 4.78 is 1.10. The van der Waals surface area contributed by atoms with E-state index in [4.69, 9.17) is 4.98 Å². The zero-order chi connectivity index (χ0) is 21.1. The summed E-state index contributed by atoms with van der Waals surface area (Å²) in [4.78, 5) is 22.5. The molecule has 0 radical (unpaired) electrons. The minimum Gasteiger partial charge on any atom is -0.352 e. The molecule has 2 atom stereocenters. The Labute approximate surface area is 184 Å². The van der Waals surface area contributed by atoms with Gasteiger partial charge in [0.1, 0.15) is 0 Å². The number of carbonyl (C=O) groups excluding carboxylic acids is 1. The lowest BCUT2D eigenvalue weighted by atomic mass is 9.97. The van der Waals surface area contributed by atoms with Crippen molar-refractivity contribution in [3.63, 3.8) is 0 Å². The molecule has 164 valence electrons. The van der Waals surface area contributed by atoms with Crippen molar-refractivity contribution in [2.45, 2.75) is 71.4 Å². The van der Waals surface area contributed by atoms with E-state index in [1.54, 1.807) is 11.3 Å². The molecule has 0 aliphatic carbocycles. The predicted octanol–water partition coefficient (Wildman–Crippen LogP) is 4.92. The Morgan fingerprint density at radius 2 is 1.87 bits per heavy atom. The van der Waals surface area contributed by atoms with E-state index < -0.39 is 0 Å². The fourth-order valence-corrected chi connectivity index (χ4v) is 5.93. The van der Waals surface area contributed by atoms with E-state index in [1.165, 1.54) is 32.1 Å². The summed E-state index contributed by atoms with van der Waals surface area (Å²) in [6.45, 7) is 11.0. The Kier molecular flexibility index (Phi) is 6.94. The average molecular weight is 429 g/mol. The Bertz CT molecular complexity index is 848. The fourth-order valence-electron chi connectivity index (χ4n) is 4.87. The topological polar surface area (TPSA) is 48.5 Å². The van der Waals surface area contributed by atoms with Crippen molar-refractivity contribution >= 4 is 32.6 Å². The number of hydrogen-bond acceptors (Lipinski definition) is 5. The van der Waals surface area contributed by atoms with Crippen LogP contribution in [-0.2, 0) is 0 Å². The van der Waals surface area contributed by atoms with Crippen LogP contribution in [-0.4, -0.2) is 54.1 Å². The summed E-state index contributed by atoms with van der Waals surface area (Å²) >= 11 is 1.71. The van der Waals surface area contributed by atoms with Crippen molar-refractivity contribution in [3.05, 3.63) is 23.8 Å². The van der Waals surface area contributed by atoms with E-state index in [0.717, 1.165) is 59.4 Å². The zero-order valence-electron chi connectivity index (χ0n) is 18.7. The van der Waals surface area contributed by atoms with Crippen molar-refractivity contribution in [2.75, 3.05) is 31.1 Å². The molecular formula is C24H36N4OS. The van der Waals surface area contributed by atoms with Crippen molar-refractivity contribution in [2.24, 2.45) is 5.92 Å². The molecule has 30 heavy (non-hydrogen) atoms. The van der Waals surface area contributed by atoms with Gasteiger partial charge in [-0.15, -0.1) is 0 Å². The summed E-state index contributed by atoms with van der Waals surface area (Å²) in [7, 11) is 0. The SMILES string of the molecule is CC1CCN(c2nc3ccc(C(=O)NCCCN4C(C)CCCC4C)cc3s2)CC1. The number of nitrogens with one attached hydrogen (secondary N) is 1. The molecule has 5 nitrogen and oxygen atoms in total. The average Bonchev–Trinajstić information content (AvgIpc) is 3.16. The molecule has 2 unspecified atom stereocenters. The van der Waals surface area contributed by atoms with E-state index in [1.807, 2.05) is 18.2 Å². The quantitative estimate of drug-likeness (QED) is 0.664. The lowest BCUT2D eigenvalue weighted by molar-refractivity contribution is 0.0925. The van der Waals surface area contributed by atoms with Gasteiger partial charge in [-0.2, -0.15) is 0 Å². The van der Waals surface area contributed by atoms with Crippen LogP contribution in [0, 0.1) is 5.92 Å². The normalized spacial score (nSPS) is 23.8. The highest BCUT2D eigenvalue weighted by atomic mass is 32.1. The number of amides is 1. The number of anilines is 1. The fraction of sp³-hybridized carbons (Fsp3) is 0.667. The lowest BCUT2D eigenvalue weighted by Gasteiger charge is -2.39. The molecule has 2 aromatic rings. The zero-order valence-corrected chi connectivity index (χ0v) is 19.5. The van der Waals surface area contributed by atoms with Crippen LogP contribution in [0.15, 0.2) is 18.2 Å². The van der Waals surface area contributed by atoms with Gasteiger partial charge in [-0.25, -0.2) is 4.98 Å². The van der Waals surface area contributed by atoms with Crippen LogP contribution >= 0.6 is 11.3 Å². The van der Waals surface area contributed by atoms with Crippen LogP contribution in [0.3, 0.4) is 0 Å². The molecule has 2 fully saturated rings.